The van der Waals surface area contributed by atoms with Crippen LogP contribution in [0.5, 0.6) is 0 Å². The Morgan fingerprint density at radius 3 is 3.14 bits per heavy atom. The Kier molecular flexibility index (Phi) is 4.47. The summed E-state index contributed by atoms with van der Waals surface area (Å²) in [6, 6.07) is 3.56. The topological polar surface area (TPSA) is 67.2 Å². The fourth-order valence-electron chi connectivity index (χ4n) is 3.06. The van der Waals surface area contributed by atoms with Crippen LogP contribution in [0, 0.1) is 6.92 Å². The molecule has 1 aliphatic rings. The van der Waals surface area contributed by atoms with Crippen molar-refractivity contribution < 1.29 is 9.90 Å². The molecule has 0 spiro atoms. The second-order valence-electron chi connectivity index (χ2n) is 5.98. The highest BCUT2D eigenvalue weighted by molar-refractivity contribution is 6.31. The second-order valence-corrected chi connectivity index (χ2v) is 6.41. The quantitative estimate of drug-likeness (QED) is 0.904. The molecule has 1 fully saturated rings. The van der Waals surface area contributed by atoms with Gasteiger partial charge in [0.1, 0.15) is 0 Å². The van der Waals surface area contributed by atoms with E-state index >= 15 is 0 Å². The molecule has 0 amide bonds. The van der Waals surface area contributed by atoms with E-state index in [9.17, 15) is 9.90 Å². The zero-order valence-electron chi connectivity index (χ0n) is 12.6. The van der Waals surface area contributed by atoms with Gasteiger partial charge in [0.2, 0.25) is 0 Å². The van der Waals surface area contributed by atoms with Gasteiger partial charge < -0.3 is 15.0 Å². The third-order valence-corrected chi connectivity index (χ3v) is 4.44. The number of Topliss-reactive ketones (excluding diaryl/α,β-unsaturated/α-hetero) is 1. The first-order valence-electron chi connectivity index (χ1n) is 7.59. The highest BCUT2D eigenvalue weighted by Gasteiger charge is 2.25. The van der Waals surface area contributed by atoms with Crippen LogP contribution in [0.1, 0.15) is 24.8 Å². The first-order valence-corrected chi connectivity index (χ1v) is 7.96. The number of imidazole rings is 1. The van der Waals surface area contributed by atoms with Crippen molar-refractivity contribution in [2.45, 2.75) is 44.9 Å². The van der Waals surface area contributed by atoms with Crippen LogP contribution in [-0.4, -0.2) is 39.1 Å². The standard InChI is InChI=1S/C16H20ClN3O2/c1-10-5-11(17)6-14-16(10)19-9-20(14)8-12(21)7-13-15(22)3-2-4-18-13/h5-6,9,13,15,18,22H,2-4,7-8H2,1H3/t13-,15+/m1/s1. The lowest BCUT2D eigenvalue weighted by Gasteiger charge is -2.28. The van der Waals surface area contributed by atoms with E-state index in [0.717, 1.165) is 36.0 Å². The first-order chi connectivity index (χ1) is 10.5. The Labute approximate surface area is 134 Å². The minimum atomic E-state index is -0.436. The van der Waals surface area contributed by atoms with E-state index < -0.39 is 6.10 Å². The highest BCUT2D eigenvalue weighted by atomic mass is 35.5. The summed E-state index contributed by atoms with van der Waals surface area (Å²) in [7, 11) is 0. The van der Waals surface area contributed by atoms with Crippen LogP contribution in [0.3, 0.4) is 0 Å². The van der Waals surface area contributed by atoms with Crippen LogP contribution >= 0.6 is 11.6 Å². The number of aliphatic hydroxyl groups is 1. The number of aromatic nitrogens is 2. The van der Waals surface area contributed by atoms with Crippen LogP contribution in [0.4, 0.5) is 0 Å². The van der Waals surface area contributed by atoms with Crippen LogP contribution in [0.15, 0.2) is 18.5 Å². The summed E-state index contributed by atoms with van der Waals surface area (Å²) in [6.45, 7) is 3.06. The summed E-state index contributed by atoms with van der Waals surface area (Å²) in [6.07, 6.45) is 3.29. The van der Waals surface area contributed by atoms with Crippen LogP contribution in [-0.2, 0) is 11.3 Å². The molecule has 6 heteroatoms. The zero-order chi connectivity index (χ0) is 15.7. The van der Waals surface area contributed by atoms with Crippen molar-refractivity contribution in [2.75, 3.05) is 6.54 Å². The summed E-state index contributed by atoms with van der Waals surface area (Å²) in [5.74, 6) is 0.0791. The fraction of sp³-hybridized carbons (Fsp3) is 0.500. The van der Waals surface area contributed by atoms with Gasteiger partial charge in [-0.3, -0.25) is 4.79 Å². The van der Waals surface area contributed by atoms with Crippen molar-refractivity contribution in [3.05, 3.63) is 29.0 Å². The lowest BCUT2D eigenvalue weighted by atomic mass is 9.97. The molecule has 2 aromatic rings. The van der Waals surface area contributed by atoms with E-state index in [1.165, 1.54) is 0 Å². The maximum atomic E-state index is 12.3. The van der Waals surface area contributed by atoms with Crippen molar-refractivity contribution in [1.82, 2.24) is 14.9 Å². The van der Waals surface area contributed by atoms with Crippen molar-refractivity contribution in [3.8, 4) is 0 Å². The average molecular weight is 322 g/mol. The third-order valence-electron chi connectivity index (χ3n) is 4.22. The number of rotatable bonds is 4. The number of benzene rings is 1. The maximum Gasteiger partial charge on any atom is 0.154 e. The summed E-state index contributed by atoms with van der Waals surface area (Å²) >= 11 is 6.10. The second kappa shape index (κ2) is 6.36. The smallest absolute Gasteiger partial charge is 0.154 e. The minimum absolute atomic E-state index is 0.0791. The molecule has 22 heavy (non-hydrogen) atoms. The molecule has 0 aliphatic carbocycles. The molecule has 1 aliphatic heterocycles. The van der Waals surface area contributed by atoms with E-state index in [-0.39, 0.29) is 18.4 Å². The molecule has 3 rings (SSSR count). The molecule has 0 radical (unpaired) electrons. The molecule has 2 N–H and O–H groups in total. The van der Waals surface area contributed by atoms with Gasteiger partial charge in [-0.2, -0.15) is 0 Å². The number of hydrogen-bond donors (Lipinski definition) is 2. The molecule has 1 saturated heterocycles. The number of carbonyl (C=O) groups excluding carboxylic acids is 1. The lowest BCUT2D eigenvalue weighted by molar-refractivity contribution is -0.121. The van der Waals surface area contributed by atoms with E-state index in [2.05, 4.69) is 10.3 Å². The number of aryl methyl sites for hydroxylation is 1. The molecule has 0 unspecified atom stereocenters. The summed E-state index contributed by atoms with van der Waals surface area (Å²) in [5.41, 5.74) is 2.74. The van der Waals surface area contributed by atoms with E-state index in [1.54, 1.807) is 6.33 Å². The lowest BCUT2D eigenvalue weighted by Crippen LogP contribution is -2.46. The molecule has 118 valence electrons. The Morgan fingerprint density at radius 2 is 2.36 bits per heavy atom. The summed E-state index contributed by atoms with van der Waals surface area (Å²) in [4.78, 5) is 16.7. The maximum absolute atomic E-state index is 12.3. The van der Waals surface area contributed by atoms with Crippen molar-refractivity contribution in [2.24, 2.45) is 0 Å². The van der Waals surface area contributed by atoms with E-state index in [4.69, 9.17) is 11.6 Å². The Bertz CT molecular complexity index is 698. The number of aliphatic hydroxyl groups excluding tert-OH is 1. The summed E-state index contributed by atoms with van der Waals surface area (Å²) < 4.78 is 1.83. The molecular weight excluding hydrogens is 302 g/mol. The SMILES string of the molecule is Cc1cc(Cl)cc2c1ncn2CC(=O)C[C@H]1NCCC[C@@H]1O. The molecule has 0 bridgehead atoms. The fourth-order valence-corrected chi connectivity index (χ4v) is 3.33. The number of nitrogens with one attached hydrogen (secondary N) is 1. The summed E-state index contributed by atoms with van der Waals surface area (Å²) in [5, 5.41) is 13.8. The van der Waals surface area contributed by atoms with Crippen LogP contribution in [0.25, 0.3) is 11.0 Å². The van der Waals surface area contributed by atoms with Crippen molar-refractivity contribution in [1.29, 1.82) is 0 Å². The minimum Gasteiger partial charge on any atom is -0.391 e. The van der Waals surface area contributed by atoms with E-state index in [1.807, 2.05) is 23.6 Å². The number of hydrogen-bond acceptors (Lipinski definition) is 4. The number of halogens is 1. The zero-order valence-corrected chi connectivity index (χ0v) is 13.3. The predicted molar refractivity (Wildman–Crippen MR) is 86.1 cm³/mol. The highest BCUT2D eigenvalue weighted by Crippen LogP contribution is 2.23. The molecule has 2 atom stereocenters. The molecular formula is C16H20ClN3O2. The predicted octanol–water partition coefficient (Wildman–Crippen LogP) is 2.07. The monoisotopic (exact) mass is 321 g/mol. The van der Waals surface area contributed by atoms with Gasteiger partial charge >= 0.3 is 0 Å². The normalized spacial score (nSPS) is 22.1. The van der Waals surface area contributed by atoms with Gasteiger partial charge in [0.25, 0.3) is 0 Å². The number of nitrogens with zero attached hydrogens (tertiary/aromatic N) is 2. The van der Waals surface area contributed by atoms with Gasteiger partial charge in [-0.15, -0.1) is 0 Å². The van der Waals surface area contributed by atoms with Gasteiger partial charge in [-0.1, -0.05) is 11.6 Å². The van der Waals surface area contributed by atoms with Crippen LogP contribution < -0.4 is 5.32 Å². The molecule has 1 aromatic heterocycles. The van der Waals surface area contributed by atoms with Gasteiger partial charge in [-0.05, 0) is 44.0 Å². The van der Waals surface area contributed by atoms with E-state index in [0.29, 0.717) is 11.4 Å². The molecule has 2 heterocycles. The number of fused-ring (bicyclic) bond motifs is 1. The molecule has 1 aromatic carbocycles. The van der Waals surface area contributed by atoms with Gasteiger partial charge in [0.05, 0.1) is 30.0 Å². The number of carbonyl (C=O) groups is 1. The number of piperidine rings is 1. The Balaban J connectivity index is 1.74. The molecule has 5 nitrogen and oxygen atoms in total. The van der Waals surface area contributed by atoms with Crippen molar-refractivity contribution in [3.63, 3.8) is 0 Å². The largest absolute Gasteiger partial charge is 0.391 e. The van der Waals surface area contributed by atoms with Gasteiger partial charge in [0.15, 0.2) is 5.78 Å². The van der Waals surface area contributed by atoms with Crippen molar-refractivity contribution >= 4 is 28.4 Å². The molecule has 0 saturated carbocycles. The number of ketones is 1. The Morgan fingerprint density at radius 1 is 1.55 bits per heavy atom. The van der Waals surface area contributed by atoms with Gasteiger partial charge in [-0.25, -0.2) is 4.98 Å². The third kappa shape index (κ3) is 3.16. The first kappa shape index (κ1) is 15.5. The van der Waals surface area contributed by atoms with Gasteiger partial charge in [0, 0.05) is 17.5 Å². The van der Waals surface area contributed by atoms with Crippen LogP contribution in [0.2, 0.25) is 5.02 Å². The average Bonchev–Trinajstić information content (AvgIpc) is 2.85. The Hall–Kier alpha value is -1.43.